The van der Waals surface area contributed by atoms with Crippen LogP contribution in [0.1, 0.15) is 25.0 Å². The Morgan fingerprint density at radius 3 is 2.68 bits per heavy atom. The Morgan fingerprint density at radius 1 is 1.20 bits per heavy atom. The van der Waals surface area contributed by atoms with Gasteiger partial charge in [0, 0.05) is 24.4 Å². The predicted molar refractivity (Wildman–Crippen MR) is 92.2 cm³/mol. The average Bonchev–Trinajstić information content (AvgIpc) is 3.02. The van der Waals surface area contributed by atoms with E-state index >= 15 is 0 Å². The van der Waals surface area contributed by atoms with E-state index in [1.54, 1.807) is 18.5 Å². The molecule has 3 heterocycles. The van der Waals surface area contributed by atoms with Crippen molar-refractivity contribution >= 4 is 11.8 Å². The predicted octanol–water partition coefficient (Wildman–Crippen LogP) is 2.52. The van der Waals surface area contributed by atoms with Gasteiger partial charge in [-0.25, -0.2) is 9.37 Å². The molecule has 1 fully saturated rings. The van der Waals surface area contributed by atoms with Crippen molar-refractivity contribution in [3.05, 3.63) is 48.2 Å². The van der Waals surface area contributed by atoms with Gasteiger partial charge in [-0.3, -0.25) is 4.98 Å². The molecule has 1 aliphatic rings. The molecule has 25 heavy (non-hydrogen) atoms. The van der Waals surface area contributed by atoms with Gasteiger partial charge in [-0.05, 0) is 37.1 Å². The van der Waals surface area contributed by atoms with E-state index in [9.17, 15) is 4.39 Å². The van der Waals surface area contributed by atoms with Crippen LogP contribution in [0.4, 0.5) is 16.2 Å². The second kappa shape index (κ2) is 6.12. The van der Waals surface area contributed by atoms with E-state index in [1.165, 1.54) is 6.07 Å². The van der Waals surface area contributed by atoms with Crippen LogP contribution >= 0.6 is 0 Å². The van der Waals surface area contributed by atoms with Gasteiger partial charge >= 0.3 is 0 Å². The van der Waals surface area contributed by atoms with Crippen molar-refractivity contribution in [1.82, 2.24) is 25.1 Å². The third-order valence-corrected chi connectivity index (χ3v) is 4.70. The summed E-state index contributed by atoms with van der Waals surface area (Å²) in [7, 11) is 0. The van der Waals surface area contributed by atoms with Crippen molar-refractivity contribution in [2.24, 2.45) is 0 Å². The van der Waals surface area contributed by atoms with Crippen LogP contribution in [0.5, 0.6) is 0 Å². The number of imidazole rings is 1. The fourth-order valence-electron chi connectivity index (χ4n) is 3.17. The van der Waals surface area contributed by atoms with Gasteiger partial charge in [0.25, 0.3) is 0 Å². The third kappa shape index (κ3) is 2.90. The first-order valence-electron chi connectivity index (χ1n) is 8.16. The number of nitrogens with two attached hydrogens (primary N) is 1. The summed E-state index contributed by atoms with van der Waals surface area (Å²) in [5.41, 5.74) is 7.10. The monoisotopic (exact) mass is 339 g/mol. The lowest BCUT2D eigenvalue weighted by Gasteiger charge is -2.41. The van der Waals surface area contributed by atoms with Gasteiger partial charge in [0.2, 0.25) is 0 Å². The van der Waals surface area contributed by atoms with Crippen LogP contribution in [-0.4, -0.2) is 31.7 Å². The fourth-order valence-corrected chi connectivity index (χ4v) is 3.17. The zero-order valence-corrected chi connectivity index (χ0v) is 13.5. The minimum absolute atomic E-state index is 0.249. The molecular weight excluding hydrogens is 321 g/mol. The standard InChI is InChI=1S/C17H18FN7/c18-11-3-1-8-20-15(11)17(6-2-7-17)10-22-14-5-4-12(24-25-14)13-9-21-16(19)23-13/h1,3-5,8-9H,2,6-7,10H2,(H,22,25)(H3,19,21,23). The highest BCUT2D eigenvalue weighted by Gasteiger charge is 2.41. The van der Waals surface area contributed by atoms with Gasteiger partial charge in [0.1, 0.15) is 23.0 Å². The first-order valence-corrected chi connectivity index (χ1v) is 8.16. The Kier molecular flexibility index (Phi) is 3.79. The molecule has 1 aliphatic carbocycles. The quantitative estimate of drug-likeness (QED) is 0.659. The second-order valence-electron chi connectivity index (χ2n) is 6.30. The first-order chi connectivity index (χ1) is 12.2. The van der Waals surface area contributed by atoms with Crippen LogP contribution in [0.3, 0.4) is 0 Å². The number of aromatic nitrogens is 5. The van der Waals surface area contributed by atoms with E-state index in [4.69, 9.17) is 5.73 Å². The molecule has 8 heteroatoms. The second-order valence-corrected chi connectivity index (χ2v) is 6.30. The number of pyridine rings is 1. The fraction of sp³-hybridized carbons (Fsp3) is 0.294. The van der Waals surface area contributed by atoms with Crippen molar-refractivity contribution in [2.45, 2.75) is 24.7 Å². The van der Waals surface area contributed by atoms with Gasteiger partial charge in [0.15, 0.2) is 5.95 Å². The molecule has 0 aromatic carbocycles. The molecule has 3 aromatic rings. The summed E-state index contributed by atoms with van der Waals surface area (Å²) in [4.78, 5) is 11.2. The first kappa shape index (κ1) is 15.5. The molecule has 0 bridgehead atoms. The van der Waals surface area contributed by atoms with E-state index < -0.39 is 0 Å². The molecule has 0 saturated heterocycles. The van der Waals surface area contributed by atoms with Crippen molar-refractivity contribution in [1.29, 1.82) is 0 Å². The molecule has 0 radical (unpaired) electrons. The number of nitrogens with one attached hydrogen (secondary N) is 2. The largest absolute Gasteiger partial charge is 0.369 e. The summed E-state index contributed by atoms with van der Waals surface area (Å²) in [6.45, 7) is 0.574. The smallest absolute Gasteiger partial charge is 0.198 e. The Hall–Kier alpha value is -3.03. The van der Waals surface area contributed by atoms with E-state index in [2.05, 4.69) is 30.5 Å². The zero-order chi connectivity index (χ0) is 17.3. The number of nitrogen functional groups attached to an aromatic ring is 1. The number of nitrogens with zero attached hydrogens (tertiary/aromatic N) is 4. The van der Waals surface area contributed by atoms with Crippen LogP contribution in [0.2, 0.25) is 0 Å². The summed E-state index contributed by atoms with van der Waals surface area (Å²) >= 11 is 0. The minimum atomic E-state index is -0.275. The summed E-state index contributed by atoms with van der Waals surface area (Å²) in [6, 6.07) is 6.73. The Labute approximate surface area is 143 Å². The van der Waals surface area contributed by atoms with E-state index in [-0.39, 0.29) is 11.2 Å². The molecule has 0 unspecified atom stereocenters. The maximum absolute atomic E-state index is 14.1. The summed E-state index contributed by atoms with van der Waals surface area (Å²) in [5.74, 6) is 0.722. The van der Waals surface area contributed by atoms with E-state index in [0.29, 0.717) is 35.4 Å². The number of aromatic amines is 1. The van der Waals surface area contributed by atoms with E-state index in [0.717, 1.165) is 19.3 Å². The number of halogens is 1. The molecule has 0 amide bonds. The molecule has 7 nitrogen and oxygen atoms in total. The molecule has 0 spiro atoms. The third-order valence-electron chi connectivity index (χ3n) is 4.70. The number of rotatable bonds is 5. The van der Waals surface area contributed by atoms with Gasteiger partial charge in [-0.15, -0.1) is 10.2 Å². The normalized spacial score (nSPS) is 15.6. The lowest BCUT2D eigenvalue weighted by molar-refractivity contribution is 0.243. The maximum atomic E-state index is 14.1. The lowest BCUT2D eigenvalue weighted by Crippen LogP contribution is -2.42. The summed E-state index contributed by atoms with van der Waals surface area (Å²) in [5, 5.41) is 11.6. The molecule has 4 rings (SSSR count). The van der Waals surface area contributed by atoms with Crippen LogP contribution in [0, 0.1) is 5.82 Å². The van der Waals surface area contributed by atoms with Crippen molar-refractivity contribution in [3.8, 4) is 11.4 Å². The number of anilines is 2. The number of hydrogen-bond donors (Lipinski definition) is 3. The molecular formula is C17H18FN7. The van der Waals surface area contributed by atoms with E-state index in [1.807, 2.05) is 12.1 Å². The summed E-state index contributed by atoms with van der Waals surface area (Å²) in [6.07, 6.45) is 6.21. The SMILES string of the molecule is Nc1nc(-c2ccc(NCC3(c4ncccc4F)CCC3)nn2)c[nH]1. The Morgan fingerprint density at radius 2 is 2.08 bits per heavy atom. The van der Waals surface area contributed by atoms with Crippen LogP contribution in [0.25, 0.3) is 11.4 Å². The molecule has 0 aliphatic heterocycles. The highest BCUT2D eigenvalue weighted by molar-refractivity contribution is 5.56. The van der Waals surface area contributed by atoms with Crippen LogP contribution in [-0.2, 0) is 5.41 Å². The lowest BCUT2D eigenvalue weighted by atomic mass is 9.66. The van der Waals surface area contributed by atoms with Gasteiger partial charge in [-0.2, -0.15) is 0 Å². The average molecular weight is 339 g/mol. The molecule has 4 N–H and O–H groups in total. The molecule has 128 valence electrons. The van der Waals surface area contributed by atoms with Crippen molar-refractivity contribution < 1.29 is 4.39 Å². The maximum Gasteiger partial charge on any atom is 0.198 e. The highest BCUT2D eigenvalue weighted by Crippen LogP contribution is 2.43. The molecule has 0 atom stereocenters. The van der Waals surface area contributed by atoms with Gasteiger partial charge in [0.05, 0.1) is 5.69 Å². The number of H-pyrrole nitrogens is 1. The Bertz CT molecular complexity index is 871. The topological polar surface area (TPSA) is 105 Å². The van der Waals surface area contributed by atoms with Crippen molar-refractivity contribution in [2.75, 3.05) is 17.6 Å². The van der Waals surface area contributed by atoms with Gasteiger partial charge in [-0.1, -0.05) is 6.42 Å². The van der Waals surface area contributed by atoms with Crippen molar-refractivity contribution in [3.63, 3.8) is 0 Å². The zero-order valence-electron chi connectivity index (χ0n) is 13.5. The number of hydrogen-bond acceptors (Lipinski definition) is 6. The van der Waals surface area contributed by atoms with Crippen LogP contribution < -0.4 is 11.1 Å². The molecule has 3 aromatic heterocycles. The summed E-state index contributed by atoms with van der Waals surface area (Å²) < 4.78 is 14.1. The minimum Gasteiger partial charge on any atom is -0.369 e. The van der Waals surface area contributed by atoms with Gasteiger partial charge < -0.3 is 16.0 Å². The molecule has 1 saturated carbocycles. The Balaban J connectivity index is 1.48. The highest BCUT2D eigenvalue weighted by atomic mass is 19.1. The van der Waals surface area contributed by atoms with Crippen LogP contribution in [0.15, 0.2) is 36.7 Å².